The average Bonchev–Trinajstić information content (AvgIpc) is 2.73. The van der Waals surface area contributed by atoms with Gasteiger partial charge in [0.05, 0.1) is 6.10 Å². The van der Waals surface area contributed by atoms with Crippen LogP contribution >= 0.6 is 0 Å². The second-order valence-electron chi connectivity index (χ2n) is 8.97. The van der Waals surface area contributed by atoms with E-state index in [0.29, 0.717) is 23.3 Å². The molecule has 7 heteroatoms. The molecule has 2 heterocycles. The fourth-order valence-electron chi connectivity index (χ4n) is 4.28. The zero-order valence-electron chi connectivity index (χ0n) is 18.3. The number of aromatic hydroxyl groups is 2. The number of hydrogen-bond acceptors (Lipinski definition) is 7. The molecule has 4 N–H and O–H groups in total. The van der Waals surface area contributed by atoms with E-state index in [0.717, 1.165) is 6.42 Å². The zero-order chi connectivity index (χ0) is 23.2. The summed E-state index contributed by atoms with van der Waals surface area (Å²) < 4.78 is 12.1. The third kappa shape index (κ3) is 3.82. The van der Waals surface area contributed by atoms with E-state index in [1.807, 2.05) is 20.8 Å². The summed E-state index contributed by atoms with van der Waals surface area (Å²) in [4.78, 5) is 12.9. The Hall–Kier alpha value is -3.03. The highest BCUT2D eigenvalue weighted by atomic mass is 16.5. The Morgan fingerprint density at radius 2 is 1.84 bits per heavy atom. The van der Waals surface area contributed by atoms with Crippen LogP contribution < -0.4 is 9.47 Å². The van der Waals surface area contributed by atoms with E-state index in [-0.39, 0.29) is 29.2 Å². The Morgan fingerprint density at radius 1 is 1.16 bits per heavy atom. The molecule has 0 spiro atoms. The van der Waals surface area contributed by atoms with E-state index in [1.165, 1.54) is 17.7 Å². The minimum atomic E-state index is -1.53. The van der Waals surface area contributed by atoms with Crippen LogP contribution in [0.2, 0.25) is 0 Å². The van der Waals surface area contributed by atoms with Crippen molar-refractivity contribution < 1.29 is 34.7 Å². The molecular weight excluding hydrogens is 412 g/mol. The molecule has 4 rings (SSSR count). The highest BCUT2D eigenvalue weighted by Crippen LogP contribution is 2.49. The molecule has 0 aliphatic carbocycles. The Morgan fingerprint density at radius 3 is 2.50 bits per heavy atom. The van der Waals surface area contributed by atoms with Gasteiger partial charge in [-0.3, -0.25) is 4.79 Å². The highest BCUT2D eigenvalue weighted by Gasteiger charge is 2.45. The fraction of sp³-hybridized carbons (Fsp3) is 0.400. The number of hydrogen-bond donors (Lipinski definition) is 4. The average molecular weight is 440 g/mol. The molecule has 4 atom stereocenters. The van der Waals surface area contributed by atoms with Crippen molar-refractivity contribution in [1.29, 1.82) is 0 Å². The molecule has 0 saturated heterocycles. The lowest BCUT2D eigenvalue weighted by Crippen LogP contribution is -2.49. The van der Waals surface area contributed by atoms with Gasteiger partial charge in [-0.1, -0.05) is 23.8 Å². The molecule has 0 saturated carbocycles. The topological polar surface area (TPSA) is 116 Å². The van der Waals surface area contributed by atoms with Crippen LogP contribution in [0.25, 0.3) is 0 Å². The minimum Gasteiger partial charge on any atom is -0.508 e. The number of ketones is 1. The van der Waals surface area contributed by atoms with Gasteiger partial charge in [0.1, 0.15) is 34.2 Å². The van der Waals surface area contributed by atoms with E-state index in [4.69, 9.17) is 9.47 Å². The lowest BCUT2D eigenvalue weighted by atomic mass is 9.83. The van der Waals surface area contributed by atoms with Crippen molar-refractivity contribution in [2.24, 2.45) is 0 Å². The van der Waals surface area contributed by atoms with Crippen LogP contribution in [0, 0.1) is 0 Å². The number of aliphatic hydroxyl groups excluding tert-OH is 2. The quantitative estimate of drug-likeness (QED) is 0.537. The molecule has 170 valence electrons. The maximum absolute atomic E-state index is 12.9. The van der Waals surface area contributed by atoms with Crippen molar-refractivity contribution >= 4 is 5.78 Å². The molecule has 0 radical (unpaired) electrons. The lowest BCUT2D eigenvalue weighted by molar-refractivity contribution is -0.0597. The van der Waals surface area contributed by atoms with Crippen molar-refractivity contribution in [3.63, 3.8) is 0 Å². The number of rotatable bonds is 4. The van der Waals surface area contributed by atoms with Crippen LogP contribution in [0.4, 0.5) is 0 Å². The number of carbonyl (C=O) groups excluding carboxylic acids is 1. The van der Waals surface area contributed by atoms with Crippen molar-refractivity contribution in [2.45, 2.75) is 63.9 Å². The first kappa shape index (κ1) is 22.2. The van der Waals surface area contributed by atoms with Gasteiger partial charge < -0.3 is 29.9 Å². The third-order valence-electron chi connectivity index (χ3n) is 6.24. The zero-order valence-corrected chi connectivity index (χ0v) is 18.3. The number of ether oxygens (including phenoxy) is 2. The predicted molar refractivity (Wildman–Crippen MR) is 117 cm³/mol. The SMILES string of the molecule is CC(C)=CCC[C@]1(C)Oc2cc3c(c(O)c2C[C@@H]1O)C(=O)[C@H](O)[C@@H](c1ccc(O)cc1)O3. The Bertz CT molecular complexity index is 1070. The fourth-order valence-corrected chi connectivity index (χ4v) is 4.28. The molecule has 2 aromatic rings. The van der Waals surface area contributed by atoms with Gasteiger partial charge in [0.2, 0.25) is 5.78 Å². The summed E-state index contributed by atoms with van der Waals surface area (Å²) in [5.41, 5.74) is 1.03. The summed E-state index contributed by atoms with van der Waals surface area (Å²) >= 11 is 0. The number of phenolic OH excluding ortho intramolecular Hbond substituents is 2. The Labute approximate surface area is 186 Å². The normalized spacial score (nSPS) is 26.4. The number of aliphatic hydroxyl groups is 2. The second kappa shape index (κ2) is 8.15. The number of Topliss-reactive ketones (excluding diaryl/α,β-unsaturated/α-hetero) is 1. The third-order valence-corrected chi connectivity index (χ3v) is 6.24. The largest absolute Gasteiger partial charge is 0.508 e. The second-order valence-corrected chi connectivity index (χ2v) is 8.97. The van der Waals surface area contributed by atoms with E-state index in [2.05, 4.69) is 6.08 Å². The molecule has 2 aliphatic rings. The van der Waals surface area contributed by atoms with Crippen molar-refractivity contribution in [1.82, 2.24) is 0 Å². The first-order chi connectivity index (χ1) is 15.1. The van der Waals surface area contributed by atoms with Crippen molar-refractivity contribution in [3.05, 3.63) is 58.7 Å². The maximum atomic E-state index is 12.9. The molecule has 0 bridgehead atoms. The summed E-state index contributed by atoms with van der Waals surface area (Å²) in [5.74, 6) is -0.499. The van der Waals surface area contributed by atoms with Gasteiger partial charge in [-0.05, 0) is 51.3 Å². The standard InChI is InChI=1S/C25H28O7/c1-13(2)5-4-10-25(3)19(27)11-16-17(32-25)12-18-20(21(16)28)22(29)23(30)24(31-18)14-6-8-15(26)9-7-14/h5-9,12,19,23-24,26-28,30H,4,10-11H2,1-3H3/t19-,23-,24+,25-/m0/s1. The van der Waals surface area contributed by atoms with E-state index < -0.39 is 29.7 Å². The summed E-state index contributed by atoms with van der Waals surface area (Å²) in [6.45, 7) is 5.84. The molecule has 7 nitrogen and oxygen atoms in total. The summed E-state index contributed by atoms with van der Waals surface area (Å²) in [7, 11) is 0. The van der Waals surface area contributed by atoms with E-state index in [9.17, 15) is 25.2 Å². The number of fused-ring (bicyclic) bond motifs is 2. The van der Waals surface area contributed by atoms with Crippen molar-refractivity contribution in [3.8, 4) is 23.0 Å². The highest BCUT2D eigenvalue weighted by molar-refractivity contribution is 6.06. The molecule has 2 aliphatic heterocycles. The van der Waals surface area contributed by atoms with Gasteiger partial charge in [-0.2, -0.15) is 0 Å². The summed E-state index contributed by atoms with van der Waals surface area (Å²) in [6, 6.07) is 7.56. The molecule has 32 heavy (non-hydrogen) atoms. The van der Waals surface area contributed by atoms with E-state index >= 15 is 0 Å². The molecule has 0 unspecified atom stereocenters. The van der Waals surface area contributed by atoms with Crippen molar-refractivity contribution in [2.75, 3.05) is 0 Å². The Balaban J connectivity index is 1.70. The smallest absolute Gasteiger partial charge is 0.202 e. The number of allylic oxidation sites excluding steroid dienone is 2. The maximum Gasteiger partial charge on any atom is 0.202 e. The van der Waals surface area contributed by atoms with Crippen LogP contribution in [0.1, 0.15) is 61.2 Å². The predicted octanol–water partition coefficient (Wildman–Crippen LogP) is 3.58. The van der Waals surface area contributed by atoms with Crippen LogP contribution in [0.15, 0.2) is 42.0 Å². The molecule has 0 fully saturated rings. The van der Waals surface area contributed by atoms with Gasteiger partial charge in [0.25, 0.3) is 0 Å². The first-order valence-electron chi connectivity index (χ1n) is 10.7. The monoisotopic (exact) mass is 440 g/mol. The van der Waals surface area contributed by atoms with Gasteiger partial charge in [0, 0.05) is 18.1 Å². The van der Waals surface area contributed by atoms with Gasteiger partial charge in [-0.15, -0.1) is 0 Å². The molecular formula is C25H28O7. The molecule has 2 aromatic carbocycles. The first-order valence-corrected chi connectivity index (χ1v) is 10.7. The van der Waals surface area contributed by atoms with E-state index in [1.54, 1.807) is 18.2 Å². The van der Waals surface area contributed by atoms with Gasteiger partial charge in [0.15, 0.2) is 12.2 Å². The number of benzene rings is 2. The number of phenols is 2. The summed E-state index contributed by atoms with van der Waals surface area (Å²) in [5, 5.41) is 41.7. The van der Waals surface area contributed by atoms with Gasteiger partial charge >= 0.3 is 0 Å². The number of carbonyl (C=O) groups is 1. The van der Waals surface area contributed by atoms with Crippen LogP contribution in [0.3, 0.4) is 0 Å². The van der Waals surface area contributed by atoms with Gasteiger partial charge in [-0.25, -0.2) is 0 Å². The van der Waals surface area contributed by atoms with Crippen LogP contribution in [0.5, 0.6) is 23.0 Å². The lowest BCUT2D eigenvalue weighted by Gasteiger charge is -2.41. The molecule has 0 aromatic heterocycles. The summed E-state index contributed by atoms with van der Waals surface area (Å²) in [6.07, 6.45) is 0.0964. The van der Waals surface area contributed by atoms with Crippen LogP contribution in [-0.2, 0) is 6.42 Å². The Kier molecular flexibility index (Phi) is 5.65. The van der Waals surface area contributed by atoms with Crippen LogP contribution in [-0.4, -0.2) is 44.0 Å². The molecule has 0 amide bonds. The minimum absolute atomic E-state index is 0.0526.